The maximum atomic E-state index is 12.6. The maximum Gasteiger partial charge on any atom is 0.290 e. The number of aromatic nitrogens is 1. The lowest BCUT2D eigenvalue weighted by Gasteiger charge is -2.39. The summed E-state index contributed by atoms with van der Waals surface area (Å²) in [6.45, 7) is 0.520. The summed E-state index contributed by atoms with van der Waals surface area (Å²) in [5.41, 5.74) is 0.148. The van der Waals surface area contributed by atoms with Crippen LogP contribution in [-0.2, 0) is 0 Å². The third-order valence-electron chi connectivity index (χ3n) is 4.78. The zero-order valence-electron chi connectivity index (χ0n) is 14.2. The molecule has 0 aliphatic heterocycles. The van der Waals surface area contributed by atoms with Gasteiger partial charge in [0.1, 0.15) is 5.03 Å². The van der Waals surface area contributed by atoms with Gasteiger partial charge in [-0.25, -0.2) is 4.98 Å². The number of alkyl halides is 2. The molecule has 0 aromatic carbocycles. The average Bonchev–Trinajstić information content (AvgIpc) is 2.79. The molecule has 0 spiro atoms. The molecule has 1 fully saturated rings. The van der Waals surface area contributed by atoms with Gasteiger partial charge in [-0.1, -0.05) is 25.7 Å². The molecule has 1 saturated carbocycles. The number of pyridine rings is 1. The van der Waals surface area contributed by atoms with Crippen LogP contribution in [0.25, 0.3) is 0 Å². The van der Waals surface area contributed by atoms with Crippen molar-refractivity contribution in [1.29, 1.82) is 0 Å². The first-order valence-electron chi connectivity index (χ1n) is 8.30. The van der Waals surface area contributed by atoms with Gasteiger partial charge in [0.05, 0.1) is 5.56 Å². The van der Waals surface area contributed by atoms with Crippen molar-refractivity contribution in [3.8, 4) is 0 Å². The fourth-order valence-corrected chi connectivity index (χ4v) is 3.83. The zero-order valence-corrected chi connectivity index (χ0v) is 15.0. The molecule has 1 heterocycles. The van der Waals surface area contributed by atoms with E-state index in [1.807, 2.05) is 14.1 Å². The van der Waals surface area contributed by atoms with Crippen LogP contribution in [0.2, 0.25) is 0 Å². The van der Waals surface area contributed by atoms with Crippen LogP contribution in [-0.4, -0.2) is 47.7 Å². The number of nitrogens with zero attached hydrogens (tertiary/aromatic N) is 2. The zero-order chi connectivity index (χ0) is 17.6. The molecule has 0 bridgehead atoms. The van der Waals surface area contributed by atoms with E-state index in [0.717, 1.165) is 25.7 Å². The van der Waals surface area contributed by atoms with Gasteiger partial charge in [0.2, 0.25) is 0 Å². The fraction of sp³-hybridized carbons (Fsp3) is 0.647. The summed E-state index contributed by atoms with van der Waals surface area (Å²) < 4.78 is 25.3. The van der Waals surface area contributed by atoms with Crippen LogP contribution in [0.4, 0.5) is 8.78 Å². The standard InChI is InChI=1S/C17H25F2N3OS/c1-22(2)17(9-5-3-4-6-10-17)12-21-14(23)13-8-7-11-20-15(13)24-16(18)19/h7-8,11,16H,3-6,9-10,12H2,1-2H3,(H,21,23). The van der Waals surface area contributed by atoms with Crippen LogP contribution in [0, 0.1) is 0 Å². The highest BCUT2D eigenvalue weighted by Crippen LogP contribution is 2.31. The second kappa shape index (κ2) is 8.76. The molecular formula is C17H25F2N3OS. The molecule has 0 radical (unpaired) electrons. The van der Waals surface area contributed by atoms with E-state index >= 15 is 0 Å². The first-order chi connectivity index (χ1) is 11.4. The molecule has 24 heavy (non-hydrogen) atoms. The maximum absolute atomic E-state index is 12.6. The molecule has 0 atom stereocenters. The van der Waals surface area contributed by atoms with E-state index in [1.54, 1.807) is 12.1 Å². The second-order valence-corrected chi connectivity index (χ2v) is 7.43. The SMILES string of the molecule is CN(C)C1(CNC(=O)c2cccnc2SC(F)F)CCCCCC1. The van der Waals surface area contributed by atoms with Crippen LogP contribution >= 0.6 is 11.8 Å². The monoisotopic (exact) mass is 357 g/mol. The summed E-state index contributed by atoms with van der Waals surface area (Å²) in [6, 6.07) is 3.14. The Bertz CT molecular complexity index is 546. The van der Waals surface area contributed by atoms with Gasteiger partial charge in [-0.05, 0) is 50.8 Å². The van der Waals surface area contributed by atoms with E-state index < -0.39 is 5.76 Å². The predicted molar refractivity (Wildman–Crippen MR) is 92.6 cm³/mol. The molecule has 0 saturated heterocycles. The molecule has 4 nitrogen and oxygen atoms in total. The normalized spacial score (nSPS) is 17.8. The van der Waals surface area contributed by atoms with Gasteiger partial charge < -0.3 is 10.2 Å². The minimum atomic E-state index is -2.60. The molecule has 1 amide bonds. The van der Waals surface area contributed by atoms with Crippen molar-refractivity contribution >= 4 is 17.7 Å². The Kier molecular flexibility index (Phi) is 6.98. The molecule has 1 aromatic rings. The van der Waals surface area contributed by atoms with Crippen molar-refractivity contribution in [3.63, 3.8) is 0 Å². The smallest absolute Gasteiger partial charge is 0.290 e. The Morgan fingerprint density at radius 1 is 1.33 bits per heavy atom. The van der Waals surface area contributed by atoms with E-state index in [2.05, 4.69) is 15.2 Å². The predicted octanol–water partition coefficient (Wildman–Crippen LogP) is 3.78. The van der Waals surface area contributed by atoms with Crippen molar-refractivity contribution < 1.29 is 13.6 Å². The molecule has 7 heteroatoms. The summed E-state index contributed by atoms with van der Waals surface area (Å²) in [5.74, 6) is -2.93. The number of nitrogens with one attached hydrogen (secondary N) is 1. The van der Waals surface area contributed by atoms with E-state index in [4.69, 9.17) is 0 Å². The summed E-state index contributed by atoms with van der Waals surface area (Å²) in [4.78, 5) is 18.6. The van der Waals surface area contributed by atoms with Crippen LogP contribution in [0.3, 0.4) is 0 Å². The number of halogens is 2. The number of amides is 1. The average molecular weight is 357 g/mol. The van der Waals surface area contributed by atoms with Gasteiger partial charge in [0.25, 0.3) is 11.7 Å². The minimum absolute atomic E-state index is 0.0651. The fourth-order valence-electron chi connectivity index (χ4n) is 3.25. The quantitative estimate of drug-likeness (QED) is 0.622. The number of carbonyl (C=O) groups excluding carboxylic acids is 1. The molecule has 1 aliphatic carbocycles. The molecular weight excluding hydrogens is 332 g/mol. The van der Waals surface area contributed by atoms with Gasteiger partial charge in [0, 0.05) is 18.3 Å². The van der Waals surface area contributed by atoms with Crippen LogP contribution in [0.5, 0.6) is 0 Å². The summed E-state index contributed by atoms with van der Waals surface area (Å²) in [7, 11) is 4.08. The van der Waals surface area contributed by atoms with Gasteiger partial charge in [0.15, 0.2) is 0 Å². The third-order valence-corrected chi connectivity index (χ3v) is 5.50. The largest absolute Gasteiger partial charge is 0.350 e. The number of likely N-dealkylation sites (N-methyl/N-ethyl adjacent to an activating group) is 1. The molecule has 134 valence electrons. The van der Waals surface area contributed by atoms with Gasteiger partial charge in [-0.2, -0.15) is 8.78 Å². The Balaban J connectivity index is 2.08. The van der Waals surface area contributed by atoms with Crippen molar-refractivity contribution in [2.75, 3.05) is 20.6 Å². The van der Waals surface area contributed by atoms with Crippen molar-refractivity contribution in [2.24, 2.45) is 0 Å². The van der Waals surface area contributed by atoms with Gasteiger partial charge in [-0.15, -0.1) is 0 Å². The van der Waals surface area contributed by atoms with E-state index in [9.17, 15) is 13.6 Å². The lowest BCUT2D eigenvalue weighted by atomic mass is 9.88. The molecule has 2 rings (SSSR count). The summed E-state index contributed by atoms with van der Waals surface area (Å²) >= 11 is 0.308. The Morgan fingerprint density at radius 2 is 2.00 bits per heavy atom. The summed E-state index contributed by atoms with van der Waals surface area (Å²) in [5, 5.41) is 3.03. The van der Waals surface area contributed by atoms with E-state index in [0.29, 0.717) is 18.3 Å². The van der Waals surface area contributed by atoms with Crippen LogP contribution in [0.15, 0.2) is 23.4 Å². The van der Waals surface area contributed by atoms with Gasteiger partial charge >= 0.3 is 0 Å². The van der Waals surface area contributed by atoms with Gasteiger partial charge in [-0.3, -0.25) is 4.79 Å². The van der Waals surface area contributed by atoms with Crippen molar-refractivity contribution in [2.45, 2.75) is 54.8 Å². The molecule has 0 unspecified atom stereocenters. The number of hydrogen-bond donors (Lipinski definition) is 1. The van der Waals surface area contributed by atoms with Crippen molar-refractivity contribution in [3.05, 3.63) is 23.9 Å². The highest BCUT2D eigenvalue weighted by molar-refractivity contribution is 7.99. The number of rotatable bonds is 6. The third kappa shape index (κ3) is 4.89. The Morgan fingerprint density at radius 3 is 2.58 bits per heavy atom. The number of carbonyl (C=O) groups is 1. The minimum Gasteiger partial charge on any atom is -0.350 e. The number of thioether (sulfide) groups is 1. The Labute approximate surface area is 146 Å². The number of hydrogen-bond acceptors (Lipinski definition) is 4. The van der Waals surface area contributed by atoms with Crippen LogP contribution < -0.4 is 5.32 Å². The van der Waals surface area contributed by atoms with E-state index in [-0.39, 0.29) is 22.0 Å². The Hall–Kier alpha value is -1.21. The van der Waals surface area contributed by atoms with Crippen molar-refractivity contribution in [1.82, 2.24) is 15.2 Å². The lowest BCUT2D eigenvalue weighted by Crippen LogP contribution is -2.52. The lowest BCUT2D eigenvalue weighted by molar-refractivity contribution is 0.0865. The highest BCUT2D eigenvalue weighted by atomic mass is 32.2. The van der Waals surface area contributed by atoms with E-state index in [1.165, 1.54) is 19.0 Å². The molecule has 1 N–H and O–H groups in total. The second-order valence-electron chi connectivity index (χ2n) is 6.45. The highest BCUT2D eigenvalue weighted by Gasteiger charge is 2.33. The topological polar surface area (TPSA) is 45.2 Å². The molecule has 1 aliphatic rings. The summed E-state index contributed by atoms with van der Waals surface area (Å²) in [6.07, 6.45) is 8.23. The van der Waals surface area contributed by atoms with Crippen LogP contribution in [0.1, 0.15) is 48.9 Å². The molecule has 1 aromatic heterocycles. The first-order valence-corrected chi connectivity index (χ1v) is 9.18. The first kappa shape index (κ1) is 19.1.